The molecule has 4 heterocycles. The van der Waals surface area contributed by atoms with Crippen molar-refractivity contribution in [3.05, 3.63) is 33.7 Å². The number of aromatic nitrogens is 4. The zero-order chi connectivity index (χ0) is 25.8. The fraction of sp³-hybridized carbons (Fsp3) is 0.478. The summed E-state index contributed by atoms with van der Waals surface area (Å²) in [6, 6.07) is 3.01. The Morgan fingerprint density at radius 3 is 2.56 bits per heavy atom. The maximum absolute atomic E-state index is 13.6. The summed E-state index contributed by atoms with van der Waals surface area (Å²) in [6.07, 6.45) is 1.46. The molecule has 0 radical (unpaired) electrons. The number of amides is 1. The molecule has 3 aromatic rings. The van der Waals surface area contributed by atoms with Crippen LogP contribution >= 0.6 is 0 Å². The second kappa shape index (κ2) is 8.98. The molecular weight excluding hydrogens is 486 g/mol. The Balaban J connectivity index is 1.69. The third-order valence-electron chi connectivity index (χ3n) is 6.61. The number of nitrogens with zero attached hydrogens (tertiary/aromatic N) is 6. The molecule has 2 aromatic heterocycles. The highest BCUT2D eigenvalue weighted by Crippen LogP contribution is 2.40. The number of hydrogen-bond acceptors (Lipinski definition) is 8. The number of carbonyl (C=O) groups is 1. The van der Waals surface area contributed by atoms with E-state index < -0.39 is 15.6 Å². The molecule has 36 heavy (non-hydrogen) atoms. The number of hydroxylamine groups is 2. The van der Waals surface area contributed by atoms with Gasteiger partial charge in [-0.05, 0) is 25.6 Å². The standard InChI is InChI=1S/C23H29N7O5S/c1-5-6-18-19-20(28(4)26-18)23(32)25-22(24-19)17-12-16(11-15-13-30(14(2)31)35-21(15)17)36(33,34)29-9-7-27(3)8-10-29/h11-12H,5-10,13H2,1-4H3,(H,24,25,32). The molecule has 2 aliphatic rings. The van der Waals surface area contributed by atoms with E-state index in [4.69, 9.17) is 9.82 Å². The zero-order valence-electron chi connectivity index (χ0n) is 20.7. The predicted molar refractivity (Wildman–Crippen MR) is 132 cm³/mol. The van der Waals surface area contributed by atoms with Gasteiger partial charge in [0.25, 0.3) is 11.5 Å². The molecule has 0 saturated carbocycles. The zero-order valence-corrected chi connectivity index (χ0v) is 21.6. The van der Waals surface area contributed by atoms with Gasteiger partial charge in [0, 0.05) is 45.7 Å². The van der Waals surface area contributed by atoms with Crippen LogP contribution in [-0.4, -0.2) is 81.6 Å². The van der Waals surface area contributed by atoms with Crippen LogP contribution in [0.25, 0.3) is 22.4 Å². The van der Waals surface area contributed by atoms with Crippen LogP contribution in [0.5, 0.6) is 5.75 Å². The van der Waals surface area contributed by atoms with Gasteiger partial charge in [-0.2, -0.15) is 14.5 Å². The van der Waals surface area contributed by atoms with Crippen molar-refractivity contribution in [3.63, 3.8) is 0 Å². The number of hydrogen-bond donors (Lipinski definition) is 1. The third-order valence-corrected chi connectivity index (χ3v) is 8.49. The minimum absolute atomic E-state index is 0.0671. The molecule has 1 fully saturated rings. The van der Waals surface area contributed by atoms with Crippen LogP contribution in [0.1, 0.15) is 31.5 Å². The average molecular weight is 516 g/mol. The number of aryl methyl sites for hydroxylation is 2. The molecule has 2 aliphatic heterocycles. The topological polar surface area (TPSA) is 134 Å². The van der Waals surface area contributed by atoms with Gasteiger partial charge in [-0.1, -0.05) is 13.3 Å². The van der Waals surface area contributed by atoms with E-state index >= 15 is 0 Å². The van der Waals surface area contributed by atoms with Crippen molar-refractivity contribution in [3.8, 4) is 17.1 Å². The van der Waals surface area contributed by atoms with E-state index in [-0.39, 0.29) is 23.2 Å². The number of carbonyl (C=O) groups excluding carboxylic acids is 1. The van der Waals surface area contributed by atoms with Crippen molar-refractivity contribution in [2.45, 2.75) is 38.1 Å². The lowest BCUT2D eigenvalue weighted by Gasteiger charge is -2.31. The molecule has 1 aromatic carbocycles. The number of fused-ring (bicyclic) bond motifs is 2. The van der Waals surface area contributed by atoms with E-state index in [1.54, 1.807) is 13.1 Å². The number of aromatic amines is 1. The normalized spacial score (nSPS) is 16.9. The molecule has 5 rings (SSSR count). The highest BCUT2D eigenvalue weighted by atomic mass is 32.2. The van der Waals surface area contributed by atoms with Gasteiger partial charge in [0.1, 0.15) is 11.3 Å². The molecule has 0 bridgehead atoms. The number of H-pyrrole nitrogens is 1. The van der Waals surface area contributed by atoms with E-state index in [0.29, 0.717) is 66.2 Å². The summed E-state index contributed by atoms with van der Waals surface area (Å²) < 4.78 is 30.1. The van der Waals surface area contributed by atoms with Crippen molar-refractivity contribution >= 4 is 27.0 Å². The van der Waals surface area contributed by atoms with Gasteiger partial charge in [-0.25, -0.2) is 13.4 Å². The Bertz CT molecular complexity index is 1520. The molecule has 1 N–H and O–H groups in total. The lowest BCUT2D eigenvalue weighted by molar-refractivity contribution is -0.152. The summed E-state index contributed by atoms with van der Waals surface area (Å²) in [7, 11) is -0.189. The molecule has 1 amide bonds. The van der Waals surface area contributed by atoms with Crippen LogP contribution in [-0.2, 0) is 34.8 Å². The molecule has 0 aliphatic carbocycles. The monoisotopic (exact) mass is 515 g/mol. The van der Waals surface area contributed by atoms with Crippen LogP contribution in [0.2, 0.25) is 0 Å². The summed E-state index contributed by atoms with van der Waals surface area (Å²) in [4.78, 5) is 40.5. The average Bonchev–Trinajstić information content (AvgIpc) is 3.40. The first-order valence-electron chi connectivity index (χ1n) is 11.9. The number of likely N-dealkylation sites (N-methyl/N-ethyl adjacent to an activating group) is 1. The quantitative estimate of drug-likeness (QED) is 0.529. The summed E-state index contributed by atoms with van der Waals surface area (Å²) >= 11 is 0. The SMILES string of the molecule is CCCc1nn(C)c2c(=O)[nH]c(-c3cc(S(=O)(=O)N4CCN(C)CC4)cc4c3ON(C(C)=O)C4)nc12. The van der Waals surface area contributed by atoms with Gasteiger partial charge in [-0.3, -0.25) is 14.3 Å². The first-order valence-corrected chi connectivity index (χ1v) is 13.3. The largest absolute Gasteiger partial charge is 0.375 e. The van der Waals surface area contributed by atoms with Gasteiger partial charge >= 0.3 is 0 Å². The minimum Gasteiger partial charge on any atom is -0.375 e. The second-order valence-corrected chi connectivity index (χ2v) is 11.2. The molecule has 0 atom stereocenters. The molecule has 192 valence electrons. The molecule has 0 unspecified atom stereocenters. The van der Waals surface area contributed by atoms with Crippen LogP contribution in [0, 0.1) is 0 Å². The highest BCUT2D eigenvalue weighted by molar-refractivity contribution is 7.89. The fourth-order valence-electron chi connectivity index (χ4n) is 4.64. The van der Waals surface area contributed by atoms with Gasteiger partial charge in [-0.15, -0.1) is 0 Å². The third kappa shape index (κ3) is 4.06. The van der Waals surface area contributed by atoms with Crippen LogP contribution in [0.3, 0.4) is 0 Å². The number of piperazine rings is 1. The fourth-order valence-corrected chi connectivity index (χ4v) is 6.14. The van der Waals surface area contributed by atoms with E-state index in [9.17, 15) is 18.0 Å². The maximum atomic E-state index is 13.6. The molecule has 0 spiro atoms. The molecule has 13 heteroatoms. The van der Waals surface area contributed by atoms with Crippen molar-refractivity contribution in [2.75, 3.05) is 33.2 Å². The smallest absolute Gasteiger partial charge is 0.277 e. The number of rotatable bonds is 5. The van der Waals surface area contributed by atoms with E-state index in [2.05, 4.69) is 15.0 Å². The summed E-state index contributed by atoms with van der Waals surface area (Å²) in [6.45, 7) is 5.47. The van der Waals surface area contributed by atoms with Crippen molar-refractivity contribution in [1.82, 2.24) is 34.0 Å². The lowest BCUT2D eigenvalue weighted by Crippen LogP contribution is -2.47. The lowest BCUT2D eigenvalue weighted by atomic mass is 10.1. The Labute approximate surface area is 208 Å². The van der Waals surface area contributed by atoms with Crippen molar-refractivity contribution < 1.29 is 18.0 Å². The van der Waals surface area contributed by atoms with Gasteiger partial charge < -0.3 is 14.7 Å². The Kier molecular flexibility index (Phi) is 6.09. The van der Waals surface area contributed by atoms with Crippen molar-refractivity contribution in [1.29, 1.82) is 0 Å². The predicted octanol–water partition coefficient (Wildman–Crippen LogP) is 0.868. The van der Waals surface area contributed by atoms with Crippen molar-refractivity contribution in [2.24, 2.45) is 7.05 Å². The number of benzene rings is 1. The maximum Gasteiger partial charge on any atom is 0.277 e. The number of nitrogens with one attached hydrogen (secondary N) is 1. The summed E-state index contributed by atoms with van der Waals surface area (Å²) in [5, 5.41) is 5.61. The van der Waals surface area contributed by atoms with Gasteiger partial charge in [0.2, 0.25) is 10.0 Å². The Morgan fingerprint density at radius 2 is 1.89 bits per heavy atom. The van der Waals surface area contributed by atoms with E-state index in [0.717, 1.165) is 11.5 Å². The molecular formula is C23H29N7O5S. The second-order valence-electron chi connectivity index (χ2n) is 9.25. The van der Waals surface area contributed by atoms with Crippen LogP contribution in [0.15, 0.2) is 21.8 Å². The number of sulfonamides is 1. The van der Waals surface area contributed by atoms with E-state index in [1.807, 2.05) is 14.0 Å². The highest BCUT2D eigenvalue weighted by Gasteiger charge is 2.34. The van der Waals surface area contributed by atoms with Gasteiger partial charge in [0.05, 0.1) is 22.7 Å². The Morgan fingerprint density at radius 1 is 1.17 bits per heavy atom. The summed E-state index contributed by atoms with van der Waals surface area (Å²) in [5.74, 6) is 0.135. The first-order chi connectivity index (χ1) is 17.1. The van der Waals surface area contributed by atoms with Gasteiger partial charge in [0.15, 0.2) is 11.3 Å². The van der Waals surface area contributed by atoms with Crippen LogP contribution < -0.4 is 10.4 Å². The molecule has 12 nitrogen and oxygen atoms in total. The Hall–Kier alpha value is -3.29. The molecule has 1 saturated heterocycles. The first kappa shape index (κ1) is 24.4. The summed E-state index contributed by atoms with van der Waals surface area (Å²) in [5.41, 5.74) is 1.92. The van der Waals surface area contributed by atoms with Crippen LogP contribution in [0.4, 0.5) is 0 Å². The van der Waals surface area contributed by atoms with E-state index in [1.165, 1.54) is 22.0 Å². The minimum atomic E-state index is -3.83.